The van der Waals surface area contributed by atoms with Crippen molar-refractivity contribution in [3.05, 3.63) is 47.2 Å². The molecule has 0 bridgehead atoms. The van der Waals surface area contributed by atoms with E-state index in [9.17, 15) is 32.3 Å². The minimum atomic E-state index is -1.74. The molecule has 35 heavy (non-hydrogen) atoms. The summed E-state index contributed by atoms with van der Waals surface area (Å²) in [6.45, 7) is 2.57. The van der Waals surface area contributed by atoms with E-state index in [0.29, 0.717) is 0 Å². The second-order valence-electron chi connectivity index (χ2n) is 7.80. The Balaban J connectivity index is 1.74. The van der Waals surface area contributed by atoms with E-state index in [1.54, 1.807) is 6.92 Å². The molecule has 2 N–H and O–H groups in total. The molecule has 0 radical (unpaired) electrons. The van der Waals surface area contributed by atoms with Crippen LogP contribution in [-0.2, 0) is 23.9 Å². The lowest BCUT2D eigenvalue weighted by molar-refractivity contribution is -0.138. The van der Waals surface area contributed by atoms with Crippen LogP contribution < -0.4 is 15.5 Å². The number of nitrogens with zero attached hydrogens (tertiary/aromatic N) is 1. The maximum atomic E-state index is 14.8. The summed E-state index contributed by atoms with van der Waals surface area (Å²) in [5.74, 6) is -4.07. The van der Waals surface area contributed by atoms with E-state index in [4.69, 9.17) is 9.47 Å². The first-order chi connectivity index (χ1) is 16.6. The monoisotopic (exact) mass is 495 g/mol. The van der Waals surface area contributed by atoms with Gasteiger partial charge in [-0.25, -0.2) is 22.8 Å². The van der Waals surface area contributed by atoms with Gasteiger partial charge in [-0.3, -0.25) is 14.5 Å². The molecular weight excluding hydrogens is 471 g/mol. The van der Waals surface area contributed by atoms with Crippen LogP contribution >= 0.6 is 0 Å². The number of cyclic esters (lactones) is 1. The third-order valence-electron chi connectivity index (χ3n) is 5.25. The number of hydrogen-bond acceptors (Lipinski definition) is 7. The lowest BCUT2D eigenvalue weighted by Gasteiger charge is -2.16. The number of alkyl halides is 1. The molecule has 1 fully saturated rings. The van der Waals surface area contributed by atoms with Crippen molar-refractivity contribution < 1.29 is 41.8 Å². The first kappa shape index (κ1) is 25.8. The molecular formula is C23H24F3N3O6. The van der Waals surface area contributed by atoms with Gasteiger partial charge in [0.15, 0.2) is 23.6 Å². The Kier molecular flexibility index (Phi) is 8.15. The third-order valence-corrected chi connectivity index (χ3v) is 5.25. The van der Waals surface area contributed by atoms with Gasteiger partial charge in [0.25, 0.3) is 5.91 Å². The highest BCUT2D eigenvalue weighted by atomic mass is 19.1. The Morgan fingerprint density at radius 2 is 1.89 bits per heavy atom. The standard InChI is InChI=1S/C23H24F3N3O6/c1-3-34-22(32)13-4-6-18(19(30)7-5-13)28-20-16(25)8-14(9-17(20)26)29-11-15(35-23(29)33)10-27-21(31)12(2)24/h4,6,8-9,12,15,28H,3,5,7,10-11H2,1-2H3,(H,27,31). The maximum Gasteiger partial charge on any atom is 0.414 e. The van der Waals surface area contributed by atoms with Crippen molar-refractivity contribution in [3.63, 3.8) is 0 Å². The predicted octanol–water partition coefficient (Wildman–Crippen LogP) is 2.91. The van der Waals surface area contributed by atoms with Crippen LogP contribution in [0.15, 0.2) is 35.6 Å². The van der Waals surface area contributed by atoms with Gasteiger partial charge < -0.3 is 20.1 Å². The normalized spacial score (nSPS) is 18.8. The van der Waals surface area contributed by atoms with Crippen LogP contribution in [0.3, 0.4) is 0 Å². The number of carbonyl (C=O) groups excluding carboxylic acids is 4. The quantitative estimate of drug-likeness (QED) is 0.533. The molecule has 2 unspecified atom stereocenters. The number of nitrogens with one attached hydrogen (secondary N) is 2. The number of ether oxygens (including phenoxy) is 2. The van der Waals surface area contributed by atoms with E-state index in [1.807, 2.05) is 0 Å². The molecule has 2 atom stereocenters. The molecule has 0 saturated carbocycles. The van der Waals surface area contributed by atoms with Crippen LogP contribution in [0.5, 0.6) is 0 Å². The average molecular weight is 495 g/mol. The smallest absolute Gasteiger partial charge is 0.414 e. The van der Waals surface area contributed by atoms with Crippen LogP contribution in [-0.4, -0.2) is 55.7 Å². The summed E-state index contributed by atoms with van der Waals surface area (Å²) in [6.07, 6.45) is -0.815. The van der Waals surface area contributed by atoms with Crippen LogP contribution in [0.4, 0.5) is 29.3 Å². The molecule has 1 aliphatic heterocycles. The van der Waals surface area contributed by atoms with Crippen LogP contribution in [0.25, 0.3) is 0 Å². The predicted molar refractivity (Wildman–Crippen MR) is 118 cm³/mol. The summed E-state index contributed by atoms with van der Waals surface area (Å²) in [5.41, 5.74) is -0.621. The molecule has 188 valence electrons. The summed E-state index contributed by atoms with van der Waals surface area (Å²) in [7, 11) is 0. The van der Waals surface area contributed by atoms with Gasteiger partial charge in [-0.2, -0.15) is 0 Å². The third kappa shape index (κ3) is 6.19. The molecule has 2 amide bonds. The lowest BCUT2D eigenvalue weighted by Crippen LogP contribution is -2.37. The molecule has 1 aromatic rings. The Bertz CT molecular complexity index is 1080. The van der Waals surface area contributed by atoms with Gasteiger partial charge in [-0.15, -0.1) is 0 Å². The van der Waals surface area contributed by atoms with Crippen molar-refractivity contribution in [2.45, 2.75) is 39.0 Å². The number of ketones is 1. The highest BCUT2D eigenvalue weighted by Crippen LogP contribution is 2.30. The largest absolute Gasteiger partial charge is 0.463 e. The number of esters is 1. The maximum absolute atomic E-state index is 14.8. The van der Waals surface area contributed by atoms with Crippen molar-refractivity contribution in [2.24, 2.45) is 0 Å². The van der Waals surface area contributed by atoms with E-state index in [-0.39, 0.29) is 49.5 Å². The fraction of sp³-hybridized carbons (Fsp3) is 0.391. The molecule has 1 heterocycles. The van der Waals surface area contributed by atoms with E-state index in [2.05, 4.69) is 10.6 Å². The highest BCUT2D eigenvalue weighted by Gasteiger charge is 2.34. The molecule has 1 saturated heterocycles. The second-order valence-corrected chi connectivity index (χ2v) is 7.80. The Hall–Kier alpha value is -3.83. The van der Waals surface area contributed by atoms with Crippen molar-refractivity contribution in [1.29, 1.82) is 0 Å². The number of benzene rings is 1. The summed E-state index contributed by atoms with van der Waals surface area (Å²) >= 11 is 0. The lowest BCUT2D eigenvalue weighted by atomic mass is 10.1. The fourth-order valence-corrected chi connectivity index (χ4v) is 3.41. The molecule has 3 rings (SSSR count). The van der Waals surface area contributed by atoms with Crippen molar-refractivity contribution >= 4 is 35.1 Å². The first-order valence-electron chi connectivity index (χ1n) is 10.9. The number of halogens is 3. The average Bonchev–Trinajstić information content (AvgIpc) is 3.07. The Morgan fingerprint density at radius 1 is 1.20 bits per heavy atom. The van der Waals surface area contributed by atoms with Crippen molar-refractivity contribution in [3.8, 4) is 0 Å². The number of hydrogen-bond donors (Lipinski definition) is 2. The summed E-state index contributed by atoms with van der Waals surface area (Å²) in [6, 6.07) is 1.78. The molecule has 0 spiro atoms. The number of carbonyl (C=O) groups is 4. The number of allylic oxidation sites excluding steroid dienone is 3. The zero-order chi connectivity index (χ0) is 25.7. The van der Waals surface area contributed by atoms with Crippen molar-refractivity contribution in [2.75, 3.05) is 29.9 Å². The van der Waals surface area contributed by atoms with Gasteiger partial charge in [-0.1, -0.05) is 0 Å². The number of amides is 2. The fourth-order valence-electron chi connectivity index (χ4n) is 3.41. The van der Waals surface area contributed by atoms with E-state index in [1.165, 1.54) is 12.2 Å². The van der Waals surface area contributed by atoms with Crippen LogP contribution in [0.2, 0.25) is 0 Å². The van der Waals surface area contributed by atoms with Crippen LogP contribution in [0, 0.1) is 11.6 Å². The molecule has 2 aliphatic rings. The van der Waals surface area contributed by atoms with E-state index in [0.717, 1.165) is 24.0 Å². The molecule has 1 aliphatic carbocycles. The summed E-state index contributed by atoms with van der Waals surface area (Å²) < 4.78 is 52.5. The number of anilines is 2. The molecule has 9 nitrogen and oxygen atoms in total. The minimum absolute atomic E-state index is 0.0659. The van der Waals surface area contributed by atoms with Gasteiger partial charge in [0.1, 0.15) is 11.8 Å². The van der Waals surface area contributed by atoms with Gasteiger partial charge in [-0.05, 0) is 32.4 Å². The Morgan fingerprint density at radius 3 is 2.51 bits per heavy atom. The Labute approximate surface area is 198 Å². The molecule has 0 aromatic heterocycles. The first-order valence-corrected chi connectivity index (χ1v) is 10.9. The van der Waals surface area contributed by atoms with Crippen LogP contribution in [0.1, 0.15) is 26.7 Å². The summed E-state index contributed by atoms with van der Waals surface area (Å²) in [5, 5.41) is 4.70. The van der Waals surface area contributed by atoms with E-state index >= 15 is 0 Å². The number of rotatable bonds is 8. The highest BCUT2D eigenvalue weighted by molar-refractivity contribution is 6.01. The minimum Gasteiger partial charge on any atom is -0.463 e. The van der Waals surface area contributed by atoms with E-state index < -0.39 is 53.4 Å². The van der Waals surface area contributed by atoms with Gasteiger partial charge in [0, 0.05) is 24.1 Å². The zero-order valence-corrected chi connectivity index (χ0v) is 19.0. The summed E-state index contributed by atoms with van der Waals surface area (Å²) in [4.78, 5) is 48.8. The second kappa shape index (κ2) is 11.1. The van der Waals surface area contributed by atoms with Crippen molar-refractivity contribution in [1.82, 2.24) is 5.32 Å². The SMILES string of the molecule is CCOC(=O)C1=CC=C(Nc2c(F)cc(N3CC(CNC(=O)C(C)F)OC3=O)cc2F)C(=O)CC1. The topological polar surface area (TPSA) is 114 Å². The van der Waals surface area contributed by atoms with Gasteiger partial charge >= 0.3 is 12.1 Å². The van der Waals surface area contributed by atoms with Gasteiger partial charge in [0.2, 0.25) is 0 Å². The molecule has 12 heteroatoms. The van der Waals surface area contributed by atoms with Gasteiger partial charge in [0.05, 0.1) is 31.1 Å². The molecule has 1 aromatic carbocycles. The zero-order valence-electron chi connectivity index (χ0n) is 19.0. The number of Topliss-reactive ketones (excluding diaryl/α,β-unsaturated/α-hetero) is 1.